The first-order valence-corrected chi connectivity index (χ1v) is 11.2. The summed E-state index contributed by atoms with van der Waals surface area (Å²) in [6, 6.07) is 7.54. The first kappa shape index (κ1) is 23.1. The van der Waals surface area contributed by atoms with Gasteiger partial charge in [0, 0.05) is 45.6 Å². The van der Waals surface area contributed by atoms with Gasteiger partial charge in [-0.15, -0.1) is 0 Å². The zero-order chi connectivity index (χ0) is 22.8. The Morgan fingerprint density at radius 1 is 1.00 bits per heavy atom. The number of nitrogens with zero attached hydrogens (tertiary/aromatic N) is 3. The molecule has 1 unspecified atom stereocenters. The van der Waals surface area contributed by atoms with Crippen molar-refractivity contribution in [3.63, 3.8) is 0 Å². The molecule has 1 fully saturated rings. The Labute approximate surface area is 185 Å². The Bertz CT molecular complexity index is 822. The van der Waals surface area contributed by atoms with Gasteiger partial charge < -0.3 is 19.4 Å². The summed E-state index contributed by atoms with van der Waals surface area (Å²) in [4.78, 5) is 44.0. The van der Waals surface area contributed by atoms with E-state index in [0.29, 0.717) is 45.6 Å². The second kappa shape index (κ2) is 9.28. The van der Waals surface area contributed by atoms with Crippen molar-refractivity contribution in [1.82, 2.24) is 14.7 Å². The monoisotopic (exact) mass is 429 g/mol. The van der Waals surface area contributed by atoms with Crippen molar-refractivity contribution < 1.29 is 19.1 Å². The van der Waals surface area contributed by atoms with Crippen LogP contribution in [0.3, 0.4) is 0 Å². The lowest BCUT2D eigenvalue weighted by Gasteiger charge is -2.41. The van der Waals surface area contributed by atoms with Crippen molar-refractivity contribution in [2.45, 2.75) is 65.6 Å². The summed E-state index contributed by atoms with van der Waals surface area (Å²) < 4.78 is 5.44. The molecule has 1 aromatic rings. The number of hydrogen-bond acceptors (Lipinski definition) is 4. The van der Waals surface area contributed by atoms with Gasteiger partial charge in [-0.1, -0.05) is 38.1 Å². The molecule has 1 atom stereocenters. The minimum absolute atomic E-state index is 0.0234. The molecule has 0 spiro atoms. The van der Waals surface area contributed by atoms with E-state index in [4.69, 9.17) is 4.74 Å². The Balaban J connectivity index is 1.70. The molecule has 0 aromatic heterocycles. The average molecular weight is 430 g/mol. The molecule has 3 rings (SSSR count). The quantitative estimate of drug-likeness (QED) is 0.740. The zero-order valence-corrected chi connectivity index (χ0v) is 19.4. The largest absolute Gasteiger partial charge is 0.444 e. The van der Waals surface area contributed by atoms with Crippen LogP contribution in [0.5, 0.6) is 0 Å². The number of piperazine rings is 1. The summed E-state index contributed by atoms with van der Waals surface area (Å²) >= 11 is 0. The second-order valence-corrected chi connectivity index (χ2v) is 9.90. The molecular formula is C24H35N3O4. The first-order valence-electron chi connectivity index (χ1n) is 11.2. The van der Waals surface area contributed by atoms with E-state index in [2.05, 4.69) is 0 Å². The van der Waals surface area contributed by atoms with Crippen LogP contribution in [0.2, 0.25) is 0 Å². The van der Waals surface area contributed by atoms with Gasteiger partial charge >= 0.3 is 6.09 Å². The van der Waals surface area contributed by atoms with Crippen molar-refractivity contribution in [2.75, 3.05) is 26.2 Å². The number of fused-ring (bicyclic) bond motifs is 1. The predicted molar refractivity (Wildman–Crippen MR) is 118 cm³/mol. The third-order valence-corrected chi connectivity index (χ3v) is 5.68. The molecule has 7 heteroatoms. The Morgan fingerprint density at radius 3 is 2.16 bits per heavy atom. The minimum Gasteiger partial charge on any atom is -0.444 e. The number of carbonyl (C=O) groups excluding carboxylic acids is 3. The molecule has 170 valence electrons. The zero-order valence-electron chi connectivity index (χ0n) is 19.4. The SMILES string of the molecule is CC(C)CC(=O)N1Cc2ccccc2CC1C(=O)N1CCN(C(=O)OC(C)(C)C)CC1. The summed E-state index contributed by atoms with van der Waals surface area (Å²) in [6.45, 7) is 11.8. The van der Waals surface area contributed by atoms with Crippen molar-refractivity contribution in [3.05, 3.63) is 35.4 Å². The smallest absolute Gasteiger partial charge is 0.410 e. The first-order chi connectivity index (χ1) is 14.5. The van der Waals surface area contributed by atoms with E-state index < -0.39 is 11.6 Å². The van der Waals surface area contributed by atoms with Gasteiger partial charge in [0.1, 0.15) is 11.6 Å². The van der Waals surface area contributed by atoms with Crippen molar-refractivity contribution in [1.29, 1.82) is 0 Å². The predicted octanol–water partition coefficient (Wildman–Crippen LogP) is 3.07. The average Bonchev–Trinajstić information content (AvgIpc) is 2.70. The standard InChI is InChI=1S/C24H35N3O4/c1-17(2)14-21(28)27-16-19-9-7-6-8-18(19)15-20(27)22(29)25-10-12-26(13-11-25)23(30)31-24(3,4)5/h6-9,17,20H,10-16H2,1-5H3. The third kappa shape index (κ3) is 5.77. The molecule has 2 aliphatic rings. The lowest BCUT2D eigenvalue weighted by atomic mass is 9.92. The lowest BCUT2D eigenvalue weighted by Crippen LogP contribution is -2.58. The summed E-state index contributed by atoms with van der Waals surface area (Å²) in [5.41, 5.74) is 1.69. The maximum absolute atomic E-state index is 13.5. The number of hydrogen-bond donors (Lipinski definition) is 0. The number of rotatable bonds is 3. The van der Waals surface area contributed by atoms with E-state index in [1.54, 1.807) is 14.7 Å². The summed E-state index contributed by atoms with van der Waals surface area (Å²) in [5, 5.41) is 0. The van der Waals surface area contributed by atoms with E-state index in [1.165, 1.54) is 0 Å². The van der Waals surface area contributed by atoms with Crippen LogP contribution in [0.1, 0.15) is 52.2 Å². The molecule has 0 bridgehead atoms. The highest BCUT2D eigenvalue weighted by Gasteiger charge is 2.38. The molecule has 0 aliphatic carbocycles. The van der Waals surface area contributed by atoms with Crippen LogP contribution in [0, 0.1) is 5.92 Å². The van der Waals surface area contributed by atoms with Gasteiger partial charge in [0.15, 0.2) is 0 Å². The van der Waals surface area contributed by atoms with Crippen molar-refractivity contribution in [2.24, 2.45) is 5.92 Å². The van der Waals surface area contributed by atoms with Crippen LogP contribution in [-0.4, -0.2) is 70.4 Å². The fraction of sp³-hybridized carbons (Fsp3) is 0.625. The molecule has 3 amide bonds. The van der Waals surface area contributed by atoms with Crippen LogP contribution in [-0.2, 0) is 27.3 Å². The molecule has 31 heavy (non-hydrogen) atoms. The highest BCUT2D eigenvalue weighted by Crippen LogP contribution is 2.26. The third-order valence-electron chi connectivity index (χ3n) is 5.68. The molecule has 1 saturated heterocycles. The van der Waals surface area contributed by atoms with E-state index in [9.17, 15) is 14.4 Å². The van der Waals surface area contributed by atoms with Crippen LogP contribution >= 0.6 is 0 Å². The maximum atomic E-state index is 13.5. The summed E-state index contributed by atoms with van der Waals surface area (Å²) in [7, 11) is 0. The Kier molecular flexibility index (Phi) is 6.92. The normalized spacial score (nSPS) is 19.3. The van der Waals surface area contributed by atoms with Crippen molar-refractivity contribution >= 4 is 17.9 Å². The van der Waals surface area contributed by atoms with Gasteiger partial charge in [-0.05, 0) is 37.8 Å². The molecule has 2 aliphatic heterocycles. The van der Waals surface area contributed by atoms with Crippen LogP contribution < -0.4 is 0 Å². The number of amides is 3. The van der Waals surface area contributed by atoms with Gasteiger partial charge in [0.2, 0.25) is 11.8 Å². The molecule has 2 heterocycles. The minimum atomic E-state index is -0.545. The topological polar surface area (TPSA) is 70.2 Å². The molecule has 7 nitrogen and oxygen atoms in total. The van der Waals surface area contributed by atoms with Crippen molar-refractivity contribution in [3.8, 4) is 0 Å². The second-order valence-electron chi connectivity index (χ2n) is 9.90. The number of benzene rings is 1. The van der Waals surface area contributed by atoms with E-state index in [1.807, 2.05) is 58.9 Å². The van der Waals surface area contributed by atoms with Gasteiger partial charge in [0.25, 0.3) is 0 Å². The molecule has 0 N–H and O–H groups in total. The molecular weight excluding hydrogens is 394 g/mol. The van der Waals surface area contributed by atoms with Gasteiger partial charge in [-0.2, -0.15) is 0 Å². The highest BCUT2D eigenvalue weighted by molar-refractivity contribution is 5.89. The summed E-state index contributed by atoms with van der Waals surface area (Å²) in [6.07, 6.45) is 0.615. The Hall–Kier alpha value is -2.57. The van der Waals surface area contributed by atoms with E-state index >= 15 is 0 Å². The Morgan fingerprint density at radius 2 is 1.58 bits per heavy atom. The van der Waals surface area contributed by atoms with E-state index in [0.717, 1.165) is 11.1 Å². The fourth-order valence-corrected chi connectivity index (χ4v) is 4.12. The highest BCUT2D eigenvalue weighted by atomic mass is 16.6. The van der Waals surface area contributed by atoms with Crippen LogP contribution in [0.4, 0.5) is 4.79 Å². The van der Waals surface area contributed by atoms with Gasteiger partial charge in [-0.25, -0.2) is 4.79 Å². The fourth-order valence-electron chi connectivity index (χ4n) is 4.12. The molecule has 0 saturated carbocycles. The van der Waals surface area contributed by atoms with Crippen LogP contribution in [0.25, 0.3) is 0 Å². The van der Waals surface area contributed by atoms with Gasteiger partial charge in [0.05, 0.1) is 0 Å². The number of ether oxygens (including phenoxy) is 1. The molecule has 0 radical (unpaired) electrons. The number of carbonyl (C=O) groups is 3. The van der Waals surface area contributed by atoms with Gasteiger partial charge in [-0.3, -0.25) is 9.59 Å². The molecule has 1 aromatic carbocycles. The lowest BCUT2D eigenvalue weighted by molar-refractivity contribution is -0.148. The maximum Gasteiger partial charge on any atom is 0.410 e. The van der Waals surface area contributed by atoms with Crippen LogP contribution in [0.15, 0.2) is 24.3 Å². The van der Waals surface area contributed by atoms with E-state index in [-0.39, 0.29) is 23.8 Å². The summed E-state index contributed by atoms with van der Waals surface area (Å²) in [5.74, 6) is 0.225.